The maximum absolute atomic E-state index is 11.0. The Morgan fingerprint density at radius 2 is 2.17 bits per heavy atom. The zero-order valence-electron chi connectivity index (χ0n) is 11.0. The molecule has 5 nitrogen and oxygen atoms in total. The molecule has 0 heterocycles. The summed E-state index contributed by atoms with van der Waals surface area (Å²) in [7, 11) is 1.56. The summed E-state index contributed by atoms with van der Waals surface area (Å²) in [4.78, 5) is 11.0. The van der Waals surface area contributed by atoms with Crippen molar-refractivity contribution >= 4 is 5.91 Å². The van der Waals surface area contributed by atoms with Crippen LogP contribution in [0.25, 0.3) is 0 Å². The predicted octanol–water partition coefficient (Wildman–Crippen LogP) is 1.06. The maximum atomic E-state index is 11.0. The molecule has 0 radical (unpaired) electrons. The number of carbonyl (C=O) groups excluding carboxylic acids is 1. The van der Waals surface area contributed by atoms with Crippen LogP contribution >= 0.6 is 0 Å². The molecule has 1 aromatic carbocycles. The normalized spacial score (nSPS) is 11.9. The van der Waals surface area contributed by atoms with E-state index in [9.17, 15) is 4.79 Å². The number of ether oxygens (including phenoxy) is 2. The molecule has 0 bridgehead atoms. The van der Waals surface area contributed by atoms with Gasteiger partial charge >= 0.3 is 0 Å². The van der Waals surface area contributed by atoms with Crippen LogP contribution in [0.15, 0.2) is 18.2 Å². The van der Waals surface area contributed by atoms with Crippen molar-refractivity contribution in [3.05, 3.63) is 23.8 Å². The molecule has 0 fully saturated rings. The number of nitrogens with two attached hydrogens (primary N) is 1. The number of rotatable bonds is 7. The lowest BCUT2D eigenvalue weighted by molar-refractivity contribution is -0.124. The van der Waals surface area contributed by atoms with Crippen LogP contribution in [0.3, 0.4) is 0 Å². The summed E-state index contributed by atoms with van der Waals surface area (Å²) in [6.07, 6.45) is -0.687. The molecule has 0 aliphatic carbocycles. The lowest BCUT2D eigenvalue weighted by Crippen LogP contribution is -2.30. The van der Waals surface area contributed by atoms with Crippen LogP contribution in [0.4, 0.5) is 0 Å². The molecule has 1 amide bonds. The first-order valence-corrected chi connectivity index (χ1v) is 5.92. The first kappa shape index (κ1) is 14.3. The van der Waals surface area contributed by atoms with Crippen LogP contribution in [0.5, 0.6) is 11.5 Å². The largest absolute Gasteiger partial charge is 0.493 e. The average Bonchev–Trinajstić information content (AvgIpc) is 2.36. The summed E-state index contributed by atoms with van der Waals surface area (Å²) in [6, 6.07) is 5.61. The number of benzene rings is 1. The van der Waals surface area contributed by atoms with Crippen molar-refractivity contribution in [2.45, 2.75) is 26.5 Å². The average molecular weight is 252 g/mol. The van der Waals surface area contributed by atoms with Gasteiger partial charge in [-0.15, -0.1) is 0 Å². The van der Waals surface area contributed by atoms with Gasteiger partial charge in [-0.3, -0.25) is 4.79 Å². The number of carbonyl (C=O) groups is 1. The van der Waals surface area contributed by atoms with Gasteiger partial charge in [0.1, 0.15) is 0 Å². The monoisotopic (exact) mass is 252 g/mol. The van der Waals surface area contributed by atoms with Crippen LogP contribution in [-0.2, 0) is 11.3 Å². The van der Waals surface area contributed by atoms with Crippen molar-refractivity contribution < 1.29 is 14.3 Å². The summed E-state index contributed by atoms with van der Waals surface area (Å²) in [5, 5.41) is 3.22. The Balaban J connectivity index is 2.87. The molecular formula is C13H20N2O3. The van der Waals surface area contributed by atoms with E-state index in [4.69, 9.17) is 15.2 Å². The van der Waals surface area contributed by atoms with Gasteiger partial charge in [-0.25, -0.2) is 0 Å². The van der Waals surface area contributed by atoms with Crippen LogP contribution in [0, 0.1) is 0 Å². The van der Waals surface area contributed by atoms with Crippen molar-refractivity contribution in [3.8, 4) is 11.5 Å². The minimum Gasteiger partial charge on any atom is -0.493 e. The quantitative estimate of drug-likeness (QED) is 0.761. The maximum Gasteiger partial charge on any atom is 0.258 e. The van der Waals surface area contributed by atoms with Gasteiger partial charge in [0.25, 0.3) is 5.91 Å². The first-order chi connectivity index (χ1) is 8.58. The highest BCUT2D eigenvalue weighted by atomic mass is 16.5. The van der Waals surface area contributed by atoms with Crippen molar-refractivity contribution in [1.82, 2.24) is 5.32 Å². The molecule has 0 aliphatic heterocycles. The predicted molar refractivity (Wildman–Crippen MR) is 69.7 cm³/mol. The van der Waals surface area contributed by atoms with Gasteiger partial charge in [0.15, 0.2) is 17.6 Å². The van der Waals surface area contributed by atoms with E-state index in [2.05, 4.69) is 5.32 Å². The van der Waals surface area contributed by atoms with E-state index >= 15 is 0 Å². The molecule has 1 unspecified atom stereocenters. The lowest BCUT2D eigenvalue weighted by atomic mass is 10.2. The Kier molecular flexibility index (Phi) is 5.45. The number of methoxy groups -OCH3 is 1. The van der Waals surface area contributed by atoms with Crippen LogP contribution < -0.4 is 20.5 Å². The summed E-state index contributed by atoms with van der Waals surface area (Å²) in [5.74, 6) is 0.608. The second-order valence-electron chi connectivity index (χ2n) is 3.93. The van der Waals surface area contributed by atoms with E-state index in [1.54, 1.807) is 14.0 Å². The highest BCUT2D eigenvalue weighted by Gasteiger charge is 2.14. The van der Waals surface area contributed by atoms with Crippen molar-refractivity contribution in [3.63, 3.8) is 0 Å². The van der Waals surface area contributed by atoms with E-state index in [0.717, 1.165) is 18.7 Å². The van der Waals surface area contributed by atoms with Crippen LogP contribution in [-0.4, -0.2) is 25.7 Å². The Labute approximate surface area is 107 Å². The van der Waals surface area contributed by atoms with Crippen LogP contribution in [0.1, 0.15) is 19.4 Å². The molecule has 1 atom stereocenters. The SMILES string of the molecule is CCNCc1ccc(OC)c(OC(C)C(N)=O)c1. The number of hydrogen-bond donors (Lipinski definition) is 2. The lowest BCUT2D eigenvalue weighted by Gasteiger charge is -2.15. The van der Waals surface area contributed by atoms with Crippen molar-refractivity contribution in [1.29, 1.82) is 0 Å². The van der Waals surface area contributed by atoms with E-state index in [1.165, 1.54) is 0 Å². The Bertz CT molecular complexity index is 407. The molecular weight excluding hydrogens is 232 g/mol. The molecule has 3 N–H and O–H groups in total. The molecule has 1 rings (SSSR count). The highest BCUT2D eigenvalue weighted by Crippen LogP contribution is 2.28. The van der Waals surface area contributed by atoms with Gasteiger partial charge in [-0.05, 0) is 31.2 Å². The van der Waals surface area contributed by atoms with Gasteiger partial charge in [0, 0.05) is 6.54 Å². The first-order valence-electron chi connectivity index (χ1n) is 5.92. The van der Waals surface area contributed by atoms with Crippen LogP contribution in [0.2, 0.25) is 0 Å². The summed E-state index contributed by atoms with van der Waals surface area (Å²) in [6.45, 7) is 5.27. The molecule has 0 saturated carbocycles. The fraction of sp³-hybridized carbons (Fsp3) is 0.462. The smallest absolute Gasteiger partial charge is 0.258 e. The molecule has 0 aromatic heterocycles. The zero-order valence-corrected chi connectivity index (χ0v) is 11.0. The molecule has 0 spiro atoms. The van der Waals surface area contributed by atoms with Crippen molar-refractivity contribution in [2.24, 2.45) is 5.73 Å². The molecule has 1 aromatic rings. The Hall–Kier alpha value is -1.75. The fourth-order valence-corrected chi connectivity index (χ4v) is 1.44. The van der Waals surface area contributed by atoms with Gasteiger partial charge in [0.05, 0.1) is 7.11 Å². The van der Waals surface area contributed by atoms with Gasteiger partial charge in [-0.2, -0.15) is 0 Å². The molecule has 5 heteroatoms. The zero-order chi connectivity index (χ0) is 13.5. The molecule has 100 valence electrons. The Morgan fingerprint density at radius 3 is 2.72 bits per heavy atom. The van der Waals surface area contributed by atoms with E-state index < -0.39 is 12.0 Å². The van der Waals surface area contributed by atoms with Gasteiger partial charge in [0.2, 0.25) is 0 Å². The van der Waals surface area contributed by atoms with E-state index in [1.807, 2.05) is 25.1 Å². The van der Waals surface area contributed by atoms with Gasteiger partial charge in [-0.1, -0.05) is 13.0 Å². The number of hydrogen-bond acceptors (Lipinski definition) is 4. The third kappa shape index (κ3) is 3.92. The molecule has 18 heavy (non-hydrogen) atoms. The summed E-state index contributed by atoms with van der Waals surface area (Å²) < 4.78 is 10.7. The van der Waals surface area contributed by atoms with Gasteiger partial charge < -0.3 is 20.5 Å². The second kappa shape index (κ2) is 6.86. The number of primary amides is 1. The molecule has 0 saturated heterocycles. The third-order valence-electron chi connectivity index (χ3n) is 2.51. The fourth-order valence-electron chi connectivity index (χ4n) is 1.44. The second-order valence-corrected chi connectivity index (χ2v) is 3.93. The van der Waals surface area contributed by atoms with E-state index in [-0.39, 0.29) is 0 Å². The number of amides is 1. The van der Waals surface area contributed by atoms with Crippen molar-refractivity contribution in [2.75, 3.05) is 13.7 Å². The highest BCUT2D eigenvalue weighted by molar-refractivity contribution is 5.78. The third-order valence-corrected chi connectivity index (χ3v) is 2.51. The molecule has 0 aliphatic rings. The number of nitrogens with one attached hydrogen (secondary N) is 1. The standard InChI is InChI=1S/C13H20N2O3/c1-4-15-8-10-5-6-11(17-3)12(7-10)18-9(2)13(14)16/h5-7,9,15H,4,8H2,1-3H3,(H2,14,16). The summed E-state index contributed by atoms with van der Waals surface area (Å²) >= 11 is 0. The minimum atomic E-state index is -0.687. The Morgan fingerprint density at radius 1 is 1.44 bits per heavy atom. The topological polar surface area (TPSA) is 73.6 Å². The summed E-state index contributed by atoms with van der Waals surface area (Å²) in [5.41, 5.74) is 6.24. The van der Waals surface area contributed by atoms with E-state index in [0.29, 0.717) is 11.5 Å². The minimum absolute atomic E-state index is 0.505.